The molecule has 5 heteroatoms. The molecule has 12 heavy (non-hydrogen) atoms. The Balaban J connectivity index is 3.61. The molecule has 0 aromatic heterocycles. The average Bonchev–Trinajstić information content (AvgIpc) is 1.85. The highest BCUT2D eigenvalue weighted by molar-refractivity contribution is 4.55. The van der Waals surface area contributed by atoms with Crippen LogP contribution in [0.25, 0.3) is 0 Å². The molecule has 0 aromatic carbocycles. The molecule has 0 aliphatic rings. The number of alkyl halides is 4. The average molecular weight is 188 g/mol. The monoisotopic (exact) mass is 188 g/mol. The third kappa shape index (κ3) is 4.54. The van der Waals surface area contributed by atoms with Gasteiger partial charge in [0.2, 0.25) is 0 Å². The maximum atomic E-state index is 12.0. The largest absolute Gasteiger partial charge is 0.416 e. The van der Waals surface area contributed by atoms with Crippen LogP contribution in [0.15, 0.2) is 0 Å². The van der Waals surface area contributed by atoms with Crippen molar-refractivity contribution in [2.75, 3.05) is 6.61 Å². The van der Waals surface area contributed by atoms with Gasteiger partial charge in [-0.2, -0.15) is 8.78 Å². The second-order valence-corrected chi connectivity index (χ2v) is 2.89. The highest BCUT2D eigenvalue weighted by atomic mass is 19.3. The van der Waals surface area contributed by atoms with Crippen molar-refractivity contribution in [1.29, 1.82) is 0 Å². The Morgan fingerprint density at radius 2 is 1.75 bits per heavy atom. The number of hydrogen-bond acceptors (Lipinski definition) is 1. The molecule has 0 heterocycles. The van der Waals surface area contributed by atoms with E-state index >= 15 is 0 Å². The van der Waals surface area contributed by atoms with E-state index in [2.05, 4.69) is 4.74 Å². The molecule has 0 spiro atoms. The summed E-state index contributed by atoms with van der Waals surface area (Å²) in [5.41, 5.74) is 0. The first-order valence-corrected chi connectivity index (χ1v) is 3.66. The fraction of sp³-hybridized carbons (Fsp3) is 1.00. The second kappa shape index (κ2) is 4.64. The Bertz CT molecular complexity index is 125. The predicted molar refractivity (Wildman–Crippen MR) is 36.4 cm³/mol. The topological polar surface area (TPSA) is 9.23 Å². The molecule has 0 saturated heterocycles. The van der Waals surface area contributed by atoms with Gasteiger partial charge >= 0.3 is 12.5 Å². The van der Waals surface area contributed by atoms with Crippen LogP contribution in [-0.4, -0.2) is 19.1 Å². The number of rotatable bonds is 5. The van der Waals surface area contributed by atoms with Gasteiger partial charge in [0.05, 0.1) is 6.61 Å². The van der Waals surface area contributed by atoms with Crippen LogP contribution in [0, 0.1) is 5.92 Å². The summed E-state index contributed by atoms with van der Waals surface area (Å²) < 4.78 is 50.7. The van der Waals surface area contributed by atoms with E-state index in [-0.39, 0.29) is 12.5 Å². The lowest BCUT2D eigenvalue weighted by molar-refractivity contribution is -0.301. The van der Waals surface area contributed by atoms with Crippen LogP contribution < -0.4 is 0 Å². The van der Waals surface area contributed by atoms with Crippen molar-refractivity contribution in [1.82, 2.24) is 0 Å². The van der Waals surface area contributed by atoms with Gasteiger partial charge in [-0.15, -0.1) is 0 Å². The molecule has 74 valence electrons. The Kier molecular flexibility index (Phi) is 4.52. The fourth-order valence-electron chi connectivity index (χ4n) is 0.494. The molecule has 0 fully saturated rings. The minimum atomic E-state index is -4.30. The van der Waals surface area contributed by atoms with Crippen LogP contribution in [0.2, 0.25) is 0 Å². The van der Waals surface area contributed by atoms with Gasteiger partial charge in [-0.05, 0) is 12.3 Å². The molecule has 0 N–H and O–H groups in total. The first-order valence-electron chi connectivity index (χ1n) is 3.66. The Hall–Kier alpha value is -0.320. The van der Waals surface area contributed by atoms with E-state index in [0.29, 0.717) is 6.42 Å². The molecule has 0 radical (unpaired) electrons. The highest BCUT2D eigenvalue weighted by Crippen LogP contribution is 2.24. The molecule has 0 rings (SSSR count). The molecule has 0 saturated carbocycles. The molecule has 0 unspecified atom stereocenters. The molecule has 1 nitrogen and oxygen atoms in total. The van der Waals surface area contributed by atoms with Crippen LogP contribution in [0.4, 0.5) is 17.6 Å². The van der Waals surface area contributed by atoms with E-state index in [1.807, 2.05) is 0 Å². The van der Waals surface area contributed by atoms with Gasteiger partial charge in [0.1, 0.15) is 0 Å². The zero-order chi connectivity index (χ0) is 9.78. The summed E-state index contributed by atoms with van der Waals surface area (Å²) in [5, 5.41) is 0. The van der Waals surface area contributed by atoms with Crippen molar-refractivity contribution in [2.24, 2.45) is 5.92 Å². The fourth-order valence-corrected chi connectivity index (χ4v) is 0.494. The Morgan fingerprint density at radius 1 is 1.25 bits per heavy atom. The number of ether oxygens (including phenoxy) is 1. The molecular formula is C7H12F4O. The van der Waals surface area contributed by atoms with Gasteiger partial charge in [-0.25, -0.2) is 8.78 Å². The summed E-state index contributed by atoms with van der Waals surface area (Å²) in [5.74, 6) is 0.165. The van der Waals surface area contributed by atoms with E-state index in [1.54, 1.807) is 13.8 Å². The van der Waals surface area contributed by atoms with E-state index in [1.165, 1.54) is 0 Å². The quantitative estimate of drug-likeness (QED) is 0.603. The van der Waals surface area contributed by atoms with Crippen LogP contribution in [0.1, 0.15) is 20.3 Å². The maximum Gasteiger partial charge on any atom is 0.416 e. The third-order valence-electron chi connectivity index (χ3n) is 1.24. The van der Waals surface area contributed by atoms with Gasteiger partial charge in [0.25, 0.3) is 0 Å². The lowest BCUT2D eigenvalue weighted by atomic mass is 10.1. The predicted octanol–water partition coefficient (Wildman–Crippen LogP) is 2.91. The van der Waals surface area contributed by atoms with Crippen LogP contribution in [-0.2, 0) is 4.74 Å². The SMILES string of the molecule is CC(C)CCOC(F)(F)C(F)F. The normalized spacial score (nSPS) is 13.0. The molecule has 0 bridgehead atoms. The Labute approximate surface area is 68.7 Å². The zero-order valence-electron chi connectivity index (χ0n) is 6.99. The standard InChI is InChI=1S/C7H12F4O/c1-5(2)3-4-12-7(10,11)6(8)9/h5-6H,3-4H2,1-2H3. The van der Waals surface area contributed by atoms with Crippen molar-refractivity contribution in [2.45, 2.75) is 32.8 Å². The summed E-state index contributed by atoms with van der Waals surface area (Å²) in [6.45, 7) is 3.25. The van der Waals surface area contributed by atoms with Crippen LogP contribution in [0.5, 0.6) is 0 Å². The number of hydrogen-bond donors (Lipinski definition) is 0. The summed E-state index contributed by atoms with van der Waals surface area (Å²) >= 11 is 0. The van der Waals surface area contributed by atoms with Crippen molar-refractivity contribution in [3.63, 3.8) is 0 Å². The van der Waals surface area contributed by atoms with Crippen LogP contribution in [0.3, 0.4) is 0 Å². The van der Waals surface area contributed by atoms with E-state index in [0.717, 1.165) is 0 Å². The zero-order valence-corrected chi connectivity index (χ0v) is 6.99. The van der Waals surface area contributed by atoms with Crippen molar-refractivity contribution in [3.8, 4) is 0 Å². The van der Waals surface area contributed by atoms with Crippen molar-refractivity contribution >= 4 is 0 Å². The van der Waals surface area contributed by atoms with E-state index in [4.69, 9.17) is 0 Å². The Morgan fingerprint density at radius 3 is 2.08 bits per heavy atom. The van der Waals surface area contributed by atoms with Gasteiger partial charge in [-0.3, -0.25) is 0 Å². The second-order valence-electron chi connectivity index (χ2n) is 2.89. The van der Waals surface area contributed by atoms with Gasteiger partial charge < -0.3 is 4.74 Å². The van der Waals surface area contributed by atoms with Gasteiger partial charge in [-0.1, -0.05) is 13.8 Å². The lowest BCUT2D eigenvalue weighted by Gasteiger charge is -2.15. The molecule has 0 aliphatic carbocycles. The van der Waals surface area contributed by atoms with Gasteiger partial charge in [0, 0.05) is 0 Å². The molecular weight excluding hydrogens is 176 g/mol. The molecule has 0 amide bonds. The van der Waals surface area contributed by atoms with Gasteiger partial charge in [0.15, 0.2) is 0 Å². The smallest absolute Gasteiger partial charge is 0.316 e. The van der Waals surface area contributed by atoms with E-state index in [9.17, 15) is 17.6 Å². The highest BCUT2D eigenvalue weighted by Gasteiger charge is 2.41. The molecule has 0 aliphatic heterocycles. The molecule has 0 atom stereocenters. The van der Waals surface area contributed by atoms with E-state index < -0.39 is 12.5 Å². The maximum absolute atomic E-state index is 12.0. The lowest BCUT2D eigenvalue weighted by Crippen LogP contribution is -2.30. The first-order chi connectivity index (χ1) is 5.36. The first kappa shape index (κ1) is 11.7. The van der Waals surface area contributed by atoms with Crippen molar-refractivity contribution < 1.29 is 22.3 Å². The van der Waals surface area contributed by atoms with Crippen molar-refractivity contribution in [3.05, 3.63) is 0 Å². The summed E-state index contributed by atoms with van der Waals surface area (Å²) in [4.78, 5) is 0. The van der Waals surface area contributed by atoms with Crippen LogP contribution >= 0.6 is 0 Å². The summed E-state index contributed by atoms with van der Waals surface area (Å²) in [7, 11) is 0. The minimum Gasteiger partial charge on any atom is -0.316 e. The minimum absolute atomic E-state index is 0.165. The third-order valence-corrected chi connectivity index (χ3v) is 1.24. The summed E-state index contributed by atoms with van der Waals surface area (Å²) in [6, 6.07) is 0. The summed E-state index contributed by atoms with van der Waals surface area (Å²) in [6.07, 6.45) is -7.69. The molecule has 0 aromatic rings. The number of halogens is 4.